The number of thiazole rings is 1. The standard InChI is InChI=1S/C25H22ClN3O4S2/c1-3-33-21-11-7-17(8-12-21)23-16(2)34-25(27-23)28-24(30)18-5-4-6-20(15-18)29-35(31,32)22-13-9-19(26)10-14-22/h4-15,29H,3H2,1-2H3,(H,27,28,30). The first-order valence-corrected chi connectivity index (χ1v) is 13.3. The van der Waals surface area contributed by atoms with Gasteiger partial charge in [-0.1, -0.05) is 17.7 Å². The van der Waals surface area contributed by atoms with Gasteiger partial charge in [-0.15, -0.1) is 11.3 Å². The molecule has 4 aromatic rings. The van der Waals surface area contributed by atoms with Gasteiger partial charge >= 0.3 is 0 Å². The van der Waals surface area contributed by atoms with E-state index in [0.717, 1.165) is 21.9 Å². The Balaban J connectivity index is 1.48. The summed E-state index contributed by atoms with van der Waals surface area (Å²) in [6.45, 7) is 4.46. The first-order valence-electron chi connectivity index (χ1n) is 10.7. The van der Waals surface area contributed by atoms with Crippen LogP contribution in [-0.4, -0.2) is 25.9 Å². The lowest BCUT2D eigenvalue weighted by atomic mass is 10.1. The molecule has 1 amide bonds. The average molecular weight is 528 g/mol. The molecule has 0 saturated heterocycles. The van der Waals surface area contributed by atoms with E-state index in [-0.39, 0.29) is 16.1 Å². The van der Waals surface area contributed by atoms with Gasteiger partial charge in [-0.2, -0.15) is 0 Å². The Morgan fingerprint density at radius 1 is 1.06 bits per heavy atom. The predicted molar refractivity (Wildman–Crippen MR) is 140 cm³/mol. The number of benzene rings is 3. The van der Waals surface area contributed by atoms with Crippen molar-refractivity contribution in [3.05, 3.63) is 88.3 Å². The van der Waals surface area contributed by atoms with Crippen LogP contribution in [0.4, 0.5) is 10.8 Å². The molecule has 10 heteroatoms. The number of sulfonamides is 1. The summed E-state index contributed by atoms with van der Waals surface area (Å²) in [4.78, 5) is 18.5. The molecule has 35 heavy (non-hydrogen) atoms. The summed E-state index contributed by atoms with van der Waals surface area (Å²) >= 11 is 7.20. The molecule has 0 spiro atoms. The molecule has 7 nitrogen and oxygen atoms in total. The zero-order chi connectivity index (χ0) is 25.0. The largest absolute Gasteiger partial charge is 0.494 e. The van der Waals surface area contributed by atoms with Crippen molar-refractivity contribution in [1.29, 1.82) is 0 Å². The minimum Gasteiger partial charge on any atom is -0.494 e. The van der Waals surface area contributed by atoms with Gasteiger partial charge in [0.2, 0.25) is 0 Å². The molecule has 0 unspecified atom stereocenters. The molecule has 1 heterocycles. The van der Waals surface area contributed by atoms with Crippen molar-refractivity contribution in [2.75, 3.05) is 16.6 Å². The molecule has 0 bridgehead atoms. The molecule has 0 aliphatic rings. The van der Waals surface area contributed by atoms with E-state index in [2.05, 4.69) is 15.0 Å². The Morgan fingerprint density at radius 2 is 1.77 bits per heavy atom. The Hall–Kier alpha value is -3.40. The Bertz CT molecular complexity index is 1450. The van der Waals surface area contributed by atoms with Crippen LogP contribution in [0.2, 0.25) is 5.02 Å². The van der Waals surface area contributed by atoms with Crippen molar-refractivity contribution in [1.82, 2.24) is 4.98 Å². The van der Waals surface area contributed by atoms with Crippen LogP contribution in [0.15, 0.2) is 77.7 Å². The highest BCUT2D eigenvalue weighted by Crippen LogP contribution is 2.31. The summed E-state index contributed by atoms with van der Waals surface area (Å²) in [5.41, 5.74) is 2.24. The van der Waals surface area contributed by atoms with Crippen molar-refractivity contribution in [3.63, 3.8) is 0 Å². The van der Waals surface area contributed by atoms with E-state index in [0.29, 0.717) is 16.8 Å². The number of carbonyl (C=O) groups excluding carboxylic acids is 1. The van der Waals surface area contributed by atoms with Crippen LogP contribution in [0.5, 0.6) is 5.75 Å². The smallest absolute Gasteiger partial charge is 0.261 e. The highest BCUT2D eigenvalue weighted by atomic mass is 35.5. The summed E-state index contributed by atoms with van der Waals surface area (Å²) in [6.07, 6.45) is 0. The van der Waals surface area contributed by atoms with Gasteiger partial charge in [-0.3, -0.25) is 14.8 Å². The zero-order valence-electron chi connectivity index (χ0n) is 18.9. The minimum absolute atomic E-state index is 0.0665. The Labute approximate surface area is 212 Å². The summed E-state index contributed by atoms with van der Waals surface area (Å²) in [6, 6.07) is 19.7. The molecule has 1 aromatic heterocycles. The Kier molecular flexibility index (Phi) is 7.39. The molecule has 2 N–H and O–H groups in total. The lowest BCUT2D eigenvalue weighted by Gasteiger charge is -2.09. The predicted octanol–water partition coefficient (Wildman–Crippen LogP) is 6.22. The van der Waals surface area contributed by atoms with Gasteiger partial charge in [-0.25, -0.2) is 13.4 Å². The topological polar surface area (TPSA) is 97.4 Å². The van der Waals surface area contributed by atoms with Crippen molar-refractivity contribution in [3.8, 4) is 17.0 Å². The van der Waals surface area contributed by atoms with Crippen LogP contribution in [0.1, 0.15) is 22.2 Å². The number of hydrogen-bond donors (Lipinski definition) is 2. The minimum atomic E-state index is -3.83. The number of aryl methyl sites for hydroxylation is 1. The molecule has 0 aliphatic carbocycles. The normalized spacial score (nSPS) is 11.2. The van der Waals surface area contributed by atoms with E-state index in [1.165, 1.54) is 41.7 Å². The summed E-state index contributed by atoms with van der Waals surface area (Å²) < 4.78 is 33.3. The van der Waals surface area contributed by atoms with E-state index in [9.17, 15) is 13.2 Å². The van der Waals surface area contributed by atoms with Crippen LogP contribution in [0, 0.1) is 6.92 Å². The van der Waals surface area contributed by atoms with Gasteiger partial charge in [0.05, 0.1) is 17.2 Å². The molecule has 3 aromatic carbocycles. The average Bonchev–Trinajstić information content (AvgIpc) is 3.19. The van der Waals surface area contributed by atoms with Crippen molar-refractivity contribution in [2.24, 2.45) is 0 Å². The van der Waals surface area contributed by atoms with E-state index in [1.54, 1.807) is 18.2 Å². The number of amides is 1. The van der Waals surface area contributed by atoms with Crippen LogP contribution >= 0.6 is 22.9 Å². The van der Waals surface area contributed by atoms with Crippen LogP contribution in [0.25, 0.3) is 11.3 Å². The van der Waals surface area contributed by atoms with E-state index < -0.39 is 15.9 Å². The molecule has 0 fully saturated rings. The third-order valence-corrected chi connectivity index (χ3v) is 7.49. The van der Waals surface area contributed by atoms with Gasteiger partial charge in [0.15, 0.2) is 5.13 Å². The first-order chi connectivity index (χ1) is 16.7. The number of halogens is 1. The van der Waals surface area contributed by atoms with E-state index in [4.69, 9.17) is 16.3 Å². The quantitative estimate of drug-likeness (QED) is 0.283. The fraction of sp³-hybridized carbons (Fsp3) is 0.120. The Morgan fingerprint density at radius 3 is 2.46 bits per heavy atom. The monoisotopic (exact) mass is 527 g/mol. The number of nitrogens with zero attached hydrogens (tertiary/aromatic N) is 1. The first kappa shape index (κ1) is 24.7. The molecule has 0 radical (unpaired) electrons. The van der Waals surface area contributed by atoms with Crippen LogP contribution in [-0.2, 0) is 10.0 Å². The second-order valence-corrected chi connectivity index (χ2v) is 10.8. The lowest BCUT2D eigenvalue weighted by Crippen LogP contribution is -2.15. The molecule has 0 saturated carbocycles. The summed E-state index contributed by atoms with van der Waals surface area (Å²) in [7, 11) is -3.83. The van der Waals surface area contributed by atoms with Crippen molar-refractivity contribution >= 4 is 49.7 Å². The number of nitrogens with one attached hydrogen (secondary N) is 2. The van der Waals surface area contributed by atoms with E-state index in [1.807, 2.05) is 38.1 Å². The number of hydrogen-bond acceptors (Lipinski definition) is 6. The molecule has 0 atom stereocenters. The third kappa shape index (κ3) is 6.00. The molecular formula is C25H22ClN3O4S2. The zero-order valence-corrected chi connectivity index (χ0v) is 21.3. The number of ether oxygens (including phenoxy) is 1. The van der Waals surface area contributed by atoms with Crippen molar-refractivity contribution < 1.29 is 17.9 Å². The highest BCUT2D eigenvalue weighted by molar-refractivity contribution is 7.92. The maximum absolute atomic E-state index is 12.9. The van der Waals surface area contributed by atoms with Gasteiger partial charge in [0, 0.05) is 26.7 Å². The fourth-order valence-electron chi connectivity index (χ4n) is 3.31. The van der Waals surface area contributed by atoms with Crippen LogP contribution < -0.4 is 14.8 Å². The lowest BCUT2D eigenvalue weighted by molar-refractivity contribution is 0.102. The molecule has 0 aliphatic heterocycles. The second-order valence-electron chi connectivity index (χ2n) is 7.48. The van der Waals surface area contributed by atoms with Gasteiger partial charge in [0.25, 0.3) is 15.9 Å². The number of aromatic nitrogens is 1. The van der Waals surface area contributed by atoms with Crippen LogP contribution in [0.3, 0.4) is 0 Å². The van der Waals surface area contributed by atoms with Gasteiger partial charge in [-0.05, 0) is 80.6 Å². The summed E-state index contributed by atoms with van der Waals surface area (Å²) in [5, 5.41) is 3.68. The molecular weight excluding hydrogens is 506 g/mol. The number of rotatable bonds is 8. The van der Waals surface area contributed by atoms with Gasteiger partial charge in [0.1, 0.15) is 5.75 Å². The maximum Gasteiger partial charge on any atom is 0.261 e. The van der Waals surface area contributed by atoms with E-state index >= 15 is 0 Å². The third-order valence-electron chi connectivity index (χ3n) is 4.96. The van der Waals surface area contributed by atoms with Gasteiger partial charge < -0.3 is 4.74 Å². The molecule has 4 rings (SSSR count). The fourth-order valence-corrected chi connectivity index (χ4v) is 5.32. The second kappa shape index (κ2) is 10.5. The SMILES string of the molecule is CCOc1ccc(-c2nc(NC(=O)c3cccc(NS(=O)(=O)c4ccc(Cl)cc4)c3)sc2C)cc1. The number of anilines is 2. The maximum atomic E-state index is 12.9. The number of carbonyl (C=O) groups is 1. The summed E-state index contributed by atoms with van der Waals surface area (Å²) in [5.74, 6) is 0.383. The highest BCUT2D eigenvalue weighted by Gasteiger charge is 2.17. The molecule has 180 valence electrons. The van der Waals surface area contributed by atoms with Crippen molar-refractivity contribution in [2.45, 2.75) is 18.7 Å².